The van der Waals surface area contributed by atoms with Crippen molar-refractivity contribution >= 4 is 23.3 Å². The third-order valence-corrected chi connectivity index (χ3v) is 3.84. The van der Waals surface area contributed by atoms with Crippen molar-refractivity contribution in [1.29, 1.82) is 0 Å². The number of amides is 2. The number of hydrogen-bond acceptors (Lipinski definition) is 5. The van der Waals surface area contributed by atoms with E-state index < -0.39 is 0 Å². The van der Waals surface area contributed by atoms with Gasteiger partial charge in [0.2, 0.25) is 5.91 Å². The zero-order chi connectivity index (χ0) is 17.5. The maximum atomic E-state index is 11.9. The van der Waals surface area contributed by atoms with Gasteiger partial charge in [0.05, 0.1) is 31.6 Å². The van der Waals surface area contributed by atoms with E-state index in [2.05, 4.69) is 20.5 Å². The van der Waals surface area contributed by atoms with Crippen molar-refractivity contribution in [2.45, 2.75) is 0 Å². The van der Waals surface area contributed by atoms with Crippen molar-refractivity contribution in [3.63, 3.8) is 0 Å². The number of nitrogens with zero attached hydrogens (tertiary/aromatic N) is 2. The summed E-state index contributed by atoms with van der Waals surface area (Å²) in [5.74, 6) is -0.154. The van der Waals surface area contributed by atoms with E-state index in [9.17, 15) is 9.59 Å². The lowest BCUT2D eigenvalue weighted by Crippen LogP contribution is -2.36. The topological polar surface area (TPSA) is 83.6 Å². The third-order valence-electron chi connectivity index (χ3n) is 3.84. The molecule has 2 aromatic rings. The number of morpholine rings is 1. The van der Waals surface area contributed by atoms with Crippen molar-refractivity contribution in [3.05, 3.63) is 54.2 Å². The van der Waals surface area contributed by atoms with Crippen LogP contribution in [0.5, 0.6) is 0 Å². The Bertz CT molecular complexity index is 713. The van der Waals surface area contributed by atoms with Crippen molar-refractivity contribution < 1.29 is 14.3 Å². The SMILES string of the molecule is O=C(CNC(=O)c1ccccc1)Nc1ccc(N2CCOCC2)cn1. The first kappa shape index (κ1) is 16.9. The van der Waals surface area contributed by atoms with Gasteiger partial charge in [-0.05, 0) is 24.3 Å². The lowest BCUT2D eigenvalue weighted by atomic mass is 10.2. The first-order valence-corrected chi connectivity index (χ1v) is 8.14. The van der Waals surface area contributed by atoms with Crippen molar-refractivity contribution in [2.75, 3.05) is 43.1 Å². The van der Waals surface area contributed by atoms with Crippen LogP contribution in [0.2, 0.25) is 0 Å². The quantitative estimate of drug-likeness (QED) is 0.857. The van der Waals surface area contributed by atoms with E-state index in [1.54, 1.807) is 36.5 Å². The van der Waals surface area contributed by atoms with Crippen molar-refractivity contribution in [3.8, 4) is 0 Å². The lowest BCUT2D eigenvalue weighted by Gasteiger charge is -2.28. The molecule has 0 bridgehead atoms. The summed E-state index contributed by atoms with van der Waals surface area (Å²) < 4.78 is 5.32. The monoisotopic (exact) mass is 340 g/mol. The van der Waals surface area contributed by atoms with Crippen LogP contribution in [0.4, 0.5) is 11.5 Å². The highest BCUT2D eigenvalue weighted by Crippen LogP contribution is 2.16. The van der Waals surface area contributed by atoms with Crippen LogP contribution in [-0.4, -0.2) is 49.6 Å². The second-order valence-electron chi connectivity index (χ2n) is 5.60. The van der Waals surface area contributed by atoms with Crippen molar-refractivity contribution in [1.82, 2.24) is 10.3 Å². The molecule has 1 fully saturated rings. The summed E-state index contributed by atoms with van der Waals surface area (Å²) in [6, 6.07) is 12.4. The Morgan fingerprint density at radius 3 is 2.52 bits per heavy atom. The zero-order valence-corrected chi connectivity index (χ0v) is 13.8. The molecule has 3 rings (SSSR count). The molecule has 0 radical (unpaired) electrons. The minimum Gasteiger partial charge on any atom is -0.378 e. The van der Waals surface area contributed by atoms with Crippen molar-refractivity contribution in [2.24, 2.45) is 0 Å². The minimum absolute atomic E-state index is 0.110. The average molecular weight is 340 g/mol. The molecule has 130 valence electrons. The van der Waals surface area contributed by atoms with E-state index in [4.69, 9.17) is 4.74 Å². The van der Waals surface area contributed by atoms with E-state index in [1.165, 1.54) is 0 Å². The number of carbonyl (C=O) groups is 2. The van der Waals surface area contributed by atoms with Gasteiger partial charge in [-0.15, -0.1) is 0 Å². The van der Waals surface area contributed by atoms with Gasteiger partial charge in [-0.3, -0.25) is 9.59 Å². The second-order valence-corrected chi connectivity index (χ2v) is 5.60. The van der Waals surface area contributed by atoms with E-state index in [-0.39, 0.29) is 18.4 Å². The fourth-order valence-electron chi connectivity index (χ4n) is 2.51. The summed E-state index contributed by atoms with van der Waals surface area (Å²) in [6.45, 7) is 2.97. The van der Waals surface area contributed by atoms with E-state index in [0.29, 0.717) is 24.6 Å². The van der Waals surface area contributed by atoms with Gasteiger partial charge in [-0.25, -0.2) is 4.98 Å². The number of rotatable bonds is 5. The Morgan fingerprint density at radius 1 is 1.08 bits per heavy atom. The molecule has 0 saturated carbocycles. The van der Waals surface area contributed by atoms with Gasteiger partial charge in [-0.1, -0.05) is 18.2 Å². The Morgan fingerprint density at radius 2 is 1.84 bits per heavy atom. The number of carbonyl (C=O) groups excluding carboxylic acids is 2. The largest absolute Gasteiger partial charge is 0.378 e. The van der Waals surface area contributed by atoms with Gasteiger partial charge in [0.15, 0.2) is 0 Å². The highest BCUT2D eigenvalue weighted by molar-refractivity contribution is 5.99. The normalized spacial score (nSPS) is 14.0. The molecule has 1 aliphatic heterocycles. The van der Waals surface area contributed by atoms with Crippen LogP contribution in [0.1, 0.15) is 10.4 Å². The Labute approximate surface area is 146 Å². The molecule has 1 aromatic heterocycles. The van der Waals surface area contributed by atoms with Gasteiger partial charge in [0, 0.05) is 18.7 Å². The standard InChI is InChI=1S/C18H20N4O3/c23-17(13-20-18(24)14-4-2-1-3-5-14)21-16-7-6-15(12-19-16)22-8-10-25-11-9-22/h1-7,12H,8-11,13H2,(H,20,24)(H,19,21,23). The van der Waals surface area contributed by atoms with Gasteiger partial charge < -0.3 is 20.3 Å². The van der Waals surface area contributed by atoms with Crippen LogP contribution < -0.4 is 15.5 Å². The maximum Gasteiger partial charge on any atom is 0.251 e. The number of benzene rings is 1. The van der Waals surface area contributed by atoms with Gasteiger partial charge in [0.1, 0.15) is 5.82 Å². The van der Waals surface area contributed by atoms with Crippen LogP contribution in [0.15, 0.2) is 48.7 Å². The molecule has 0 unspecified atom stereocenters. The average Bonchev–Trinajstić information content (AvgIpc) is 2.68. The number of pyridine rings is 1. The second kappa shape index (κ2) is 8.25. The van der Waals surface area contributed by atoms with Crippen LogP contribution in [0, 0.1) is 0 Å². The highest BCUT2D eigenvalue weighted by atomic mass is 16.5. The zero-order valence-electron chi connectivity index (χ0n) is 13.8. The molecule has 0 atom stereocenters. The van der Waals surface area contributed by atoms with Crippen LogP contribution in [0.3, 0.4) is 0 Å². The highest BCUT2D eigenvalue weighted by Gasteiger charge is 2.12. The first-order chi connectivity index (χ1) is 12.2. The number of ether oxygens (including phenoxy) is 1. The molecule has 1 aliphatic rings. The van der Waals surface area contributed by atoms with Crippen LogP contribution >= 0.6 is 0 Å². The summed E-state index contributed by atoms with van der Waals surface area (Å²) in [6.07, 6.45) is 1.73. The Hall–Kier alpha value is -2.93. The molecule has 2 heterocycles. The minimum atomic E-state index is -0.323. The summed E-state index contributed by atoms with van der Waals surface area (Å²) in [7, 11) is 0. The molecule has 2 N–H and O–H groups in total. The maximum absolute atomic E-state index is 11.9. The smallest absolute Gasteiger partial charge is 0.251 e. The molecule has 1 saturated heterocycles. The fraction of sp³-hybridized carbons (Fsp3) is 0.278. The van der Waals surface area contributed by atoms with Gasteiger partial charge in [-0.2, -0.15) is 0 Å². The molecule has 0 spiro atoms. The molecular formula is C18H20N4O3. The number of nitrogens with one attached hydrogen (secondary N) is 2. The molecule has 7 heteroatoms. The number of anilines is 2. The summed E-state index contributed by atoms with van der Waals surface area (Å²) in [4.78, 5) is 30.3. The van der Waals surface area contributed by atoms with Crippen LogP contribution in [0.25, 0.3) is 0 Å². The number of aromatic nitrogens is 1. The van der Waals surface area contributed by atoms with E-state index >= 15 is 0 Å². The predicted molar refractivity (Wildman–Crippen MR) is 94.7 cm³/mol. The van der Waals surface area contributed by atoms with Gasteiger partial charge >= 0.3 is 0 Å². The summed E-state index contributed by atoms with van der Waals surface area (Å²) >= 11 is 0. The number of hydrogen-bond donors (Lipinski definition) is 2. The lowest BCUT2D eigenvalue weighted by molar-refractivity contribution is -0.115. The summed E-state index contributed by atoms with van der Waals surface area (Å²) in [5, 5.41) is 5.25. The Kier molecular flexibility index (Phi) is 5.58. The third kappa shape index (κ3) is 4.77. The molecule has 25 heavy (non-hydrogen) atoms. The predicted octanol–water partition coefficient (Wildman–Crippen LogP) is 1.29. The van der Waals surface area contributed by atoms with Gasteiger partial charge in [0.25, 0.3) is 5.91 Å². The molecule has 2 amide bonds. The fourth-order valence-corrected chi connectivity index (χ4v) is 2.51. The molecule has 0 aliphatic carbocycles. The van der Waals surface area contributed by atoms with E-state index in [0.717, 1.165) is 18.8 Å². The Balaban J connectivity index is 1.48. The van der Waals surface area contributed by atoms with Crippen LogP contribution in [-0.2, 0) is 9.53 Å². The molecule has 1 aromatic carbocycles. The molecule has 7 nitrogen and oxygen atoms in total. The van der Waals surface area contributed by atoms with E-state index in [1.807, 2.05) is 12.1 Å². The molecular weight excluding hydrogens is 320 g/mol. The first-order valence-electron chi connectivity index (χ1n) is 8.14. The summed E-state index contributed by atoms with van der Waals surface area (Å²) in [5.41, 5.74) is 1.52.